The summed E-state index contributed by atoms with van der Waals surface area (Å²) in [6.45, 7) is 0. The van der Waals surface area contributed by atoms with Gasteiger partial charge in [-0.15, -0.1) is 22.9 Å². The van der Waals surface area contributed by atoms with Crippen LogP contribution in [0.1, 0.15) is 5.56 Å². The molecule has 8 heteroatoms. The molecule has 4 nitrogen and oxygen atoms in total. The van der Waals surface area contributed by atoms with Gasteiger partial charge in [-0.2, -0.15) is 13.2 Å². The molecule has 0 aliphatic rings. The van der Waals surface area contributed by atoms with Crippen molar-refractivity contribution < 1.29 is 13.2 Å². The quantitative estimate of drug-likeness (QED) is 0.207. The highest BCUT2D eigenvalue weighted by Crippen LogP contribution is 2.36. The molecule has 0 bridgehead atoms. The number of azo groups is 1. The van der Waals surface area contributed by atoms with E-state index in [0.29, 0.717) is 28.3 Å². The Morgan fingerprint density at radius 3 is 2.33 bits per heavy atom. The fourth-order valence-electron chi connectivity index (χ4n) is 3.03. The third-order valence-corrected chi connectivity index (χ3v) is 4.92. The predicted molar refractivity (Wildman–Crippen MR) is 114 cm³/mol. The molecule has 2 N–H and O–H groups in total. The summed E-state index contributed by atoms with van der Waals surface area (Å²) in [5.74, 6) is 0. The summed E-state index contributed by atoms with van der Waals surface area (Å²) in [6.07, 6.45) is -2.96. The van der Waals surface area contributed by atoms with Crippen LogP contribution in [0.2, 0.25) is 0 Å². The van der Waals surface area contributed by atoms with Gasteiger partial charge in [0, 0.05) is 15.8 Å². The number of nitrogen functional groups attached to an aromatic ring is 1. The van der Waals surface area contributed by atoms with Crippen molar-refractivity contribution in [3.63, 3.8) is 0 Å². The number of halogens is 3. The zero-order chi connectivity index (χ0) is 21.3. The highest BCUT2D eigenvalue weighted by Gasteiger charge is 2.30. The Bertz CT molecular complexity index is 1250. The Kier molecular flexibility index (Phi) is 5.17. The fourth-order valence-corrected chi connectivity index (χ4v) is 3.35. The maximum Gasteiger partial charge on any atom is 0.416 e. The van der Waals surface area contributed by atoms with Crippen LogP contribution in [-0.4, -0.2) is 4.98 Å². The average Bonchev–Trinajstić information content (AvgIpc) is 2.75. The number of alkyl halides is 3. The number of hydrogen-bond donors (Lipinski definition) is 2. The molecule has 0 unspecified atom stereocenters. The van der Waals surface area contributed by atoms with E-state index in [1.54, 1.807) is 24.3 Å². The van der Waals surface area contributed by atoms with Gasteiger partial charge in [-0.1, -0.05) is 36.4 Å². The summed E-state index contributed by atoms with van der Waals surface area (Å²) in [7, 11) is 0. The van der Waals surface area contributed by atoms with Crippen molar-refractivity contribution in [2.24, 2.45) is 10.2 Å². The third kappa shape index (κ3) is 3.99. The minimum Gasteiger partial charge on any atom is -0.396 e. The molecule has 1 aromatic heterocycles. The minimum atomic E-state index is -4.41. The first kappa shape index (κ1) is 19.9. The molecule has 4 aromatic rings. The number of benzene rings is 3. The van der Waals surface area contributed by atoms with Gasteiger partial charge in [0.1, 0.15) is 11.4 Å². The summed E-state index contributed by atoms with van der Waals surface area (Å²) in [5, 5.41) is 10.1. The molecule has 3 aromatic carbocycles. The molecule has 150 valence electrons. The van der Waals surface area contributed by atoms with Crippen LogP contribution in [0.25, 0.3) is 22.0 Å². The van der Waals surface area contributed by atoms with E-state index in [4.69, 9.17) is 5.73 Å². The van der Waals surface area contributed by atoms with Crippen molar-refractivity contribution in [1.82, 2.24) is 4.98 Å². The van der Waals surface area contributed by atoms with Crippen molar-refractivity contribution in [3.8, 4) is 11.3 Å². The first-order valence-electron chi connectivity index (χ1n) is 8.88. The van der Waals surface area contributed by atoms with Crippen molar-refractivity contribution in [2.75, 3.05) is 5.73 Å². The van der Waals surface area contributed by atoms with Crippen LogP contribution < -0.4 is 5.73 Å². The second kappa shape index (κ2) is 7.79. The van der Waals surface area contributed by atoms with Gasteiger partial charge in [0.15, 0.2) is 0 Å². The minimum absolute atomic E-state index is 0.367. The highest BCUT2D eigenvalue weighted by atomic mass is 32.1. The zero-order valence-corrected chi connectivity index (χ0v) is 16.3. The van der Waals surface area contributed by atoms with Crippen LogP contribution >= 0.6 is 12.6 Å². The van der Waals surface area contributed by atoms with Crippen LogP contribution in [0.15, 0.2) is 88.1 Å². The molecular formula is C22H15F3N4S. The molecule has 0 aliphatic carbocycles. The first-order valence-corrected chi connectivity index (χ1v) is 9.33. The van der Waals surface area contributed by atoms with Gasteiger partial charge in [-0.25, -0.2) is 0 Å². The molecule has 0 radical (unpaired) electrons. The topological polar surface area (TPSA) is 63.6 Å². The van der Waals surface area contributed by atoms with Gasteiger partial charge in [-0.3, -0.25) is 4.98 Å². The van der Waals surface area contributed by atoms with Crippen LogP contribution in [0.4, 0.5) is 30.2 Å². The maximum absolute atomic E-state index is 12.9. The molecule has 0 saturated carbocycles. The standard InChI is InChI=1S/C22H15F3N4S/c23-22(24,25)14-5-3-4-13(10-14)18-9-8-15(12-27-18)28-29-19-11-20(30)16-6-1-2-7-17(16)21(19)26/h1-12,30H,26H2/b29-28+. The SMILES string of the molecule is Nc1c(/N=N/c2ccc(-c3cccc(C(F)(F)F)c3)nc2)cc(S)c2ccccc12. The van der Waals surface area contributed by atoms with Crippen molar-refractivity contribution in [2.45, 2.75) is 11.1 Å². The smallest absolute Gasteiger partial charge is 0.396 e. The number of aromatic nitrogens is 1. The highest BCUT2D eigenvalue weighted by molar-refractivity contribution is 7.80. The molecule has 0 amide bonds. The summed E-state index contributed by atoms with van der Waals surface area (Å²) >= 11 is 4.48. The first-order chi connectivity index (χ1) is 14.3. The predicted octanol–water partition coefficient (Wildman–Crippen LogP) is 7.21. The van der Waals surface area contributed by atoms with E-state index in [0.717, 1.165) is 27.8 Å². The number of nitrogens with two attached hydrogens (primary N) is 1. The number of fused-ring (bicyclic) bond motifs is 1. The number of thiol groups is 1. The van der Waals surface area contributed by atoms with Gasteiger partial charge < -0.3 is 5.73 Å². The van der Waals surface area contributed by atoms with Gasteiger partial charge in [0.05, 0.1) is 23.1 Å². The molecular weight excluding hydrogens is 409 g/mol. The number of nitrogens with zero attached hydrogens (tertiary/aromatic N) is 3. The van der Waals surface area contributed by atoms with Crippen LogP contribution in [-0.2, 0) is 6.18 Å². The number of anilines is 1. The Morgan fingerprint density at radius 1 is 0.867 bits per heavy atom. The van der Waals surface area contributed by atoms with Crippen LogP contribution in [0.3, 0.4) is 0 Å². The zero-order valence-electron chi connectivity index (χ0n) is 15.4. The molecule has 0 fully saturated rings. The molecule has 1 heterocycles. The molecule has 0 saturated heterocycles. The summed E-state index contributed by atoms with van der Waals surface area (Å²) < 4.78 is 38.7. The number of hydrogen-bond acceptors (Lipinski definition) is 5. The summed E-state index contributed by atoms with van der Waals surface area (Å²) in [5.41, 5.74) is 7.66. The number of rotatable bonds is 3. The second-order valence-electron chi connectivity index (χ2n) is 6.55. The van der Waals surface area contributed by atoms with Crippen molar-refractivity contribution in [1.29, 1.82) is 0 Å². The van der Waals surface area contributed by atoms with Gasteiger partial charge in [-0.05, 0) is 35.7 Å². The summed E-state index contributed by atoms with van der Waals surface area (Å²) in [6, 6.07) is 17.6. The number of pyridine rings is 1. The lowest BCUT2D eigenvalue weighted by atomic mass is 10.1. The van der Waals surface area contributed by atoms with E-state index in [2.05, 4.69) is 27.8 Å². The van der Waals surface area contributed by atoms with E-state index < -0.39 is 11.7 Å². The molecule has 0 spiro atoms. The third-order valence-electron chi connectivity index (χ3n) is 4.55. The normalized spacial score (nSPS) is 12.0. The summed E-state index contributed by atoms with van der Waals surface area (Å²) in [4.78, 5) is 4.94. The van der Waals surface area contributed by atoms with E-state index in [1.165, 1.54) is 12.3 Å². The van der Waals surface area contributed by atoms with Gasteiger partial charge in [0.25, 0.3) is 0 Å². The Balaban J connectivity index is 1.61. The average molecular weight is 424 g/mol. The largest absolute Gasteiger partial charge is 0.416 e. The lowest BCUT2D eigenvalue weighted by molar-refractivity contribution is -0.137. The Morgan fingerprint density at radius 2 is 1.63 bits per heavy atom. The monoisotopic (exact) mass is 424 g/mol. The van der Waals surface area contributed by atoms with E-state index >= 15 is 0 Å². The van der Waals surface area contributed by atoms with E-state index in [9.17, 15) is 13.2 Å². The molecule has 4 rings (SSSR count). The van der Waals surface area contributed by atoms with Crippen LogP contribution in [0, 0.1) is 0 Å². The van der Waals surface area contributed by atoms with Crippen LogP contribution in [0.5, 0.6) is 0 Å². The lowest BCUT2D eigenvalue weighted by Crippen LogP contribution is -2.04. The van der Waals surface area contributed by atoms with Gasteiger partial charge >= 0.3 is 6.18 Å². The molecule has 0 aliphatic heterocycles. The molecule has 0 atom stereocenters. The van der Waals surface area contributed by atoms with Crippen molar-refractivity contribution in [3.05, 3.63) is 78.5 Å². The van der Waals surface area contributed by atoms with E-state index in [1.807, 2.05) is 24.3 Å². The lowest BCUT2D eigenvalue weighted by Gasteiger charge is -2.08. The maximum atomic E-state index is 12.9. The second-order valence-corrected chi connectivity index (χ2v) is 7.04. The molecule has 30 heavy (non-hydrogen) atoms. The Labute approximate surface area is 175 Å². The van der Waals surface area contributed by atoms with Gasteiger partial charge in [0.2, 0.25) is 0 Å². The Hall–Kier alpha value is -3.39. The fraction of sp³-hybridized carbons (Fsp3) is 0.0455. The van der Waals surface area contributed by atoms with Crippen molar-refractivity contribution >= 4 is 40.5 Å². The van der Waals surface area contributed by atoms with E-state index in [-0.39, 0.29) is 0 Å².